The standard InChI is InChI=1S/C17H11FN6O2/c1-9-20-14(12-4-2-3-7-19-12)23-17(21-9)24-15(25)16-22-11-6-5-10(18)8-13(11)26-16/h2-8H,1H3,(H,20,21,23,24,25). The van der Waals surface area contributed by atoms with E-state index in [1.807, 2.05) is 0 Å². The Morgan fingerprint density at radius 3 is 2.81 bits per heavy atom. The molecule has 0 aliphatic carbocycles. The summed E-state index contributed by atoms with van der Waals surface area (Å²) >= 11 is 0. The van der Waals surface area contributed by atoms with Crippen molar-refractivity contribution in [1.29, 1.82) is 0 Å². The molecular weight excluding hydrogens is 339 g/mol. The van der Waals surface area contributed by atoms with Crippen LogP contribution in [0.5, 0.6) is 0 Å². The van der Waals surface area contributed by atoms with Crippen molar-refractivity contribution in [3.05, 3.63) is 60.1 Å². The first-order valence-corrected chi connectivity index (χ1v) is 7.60. The molecule has 9 heteroatoms. The minimum atomic E-state index is -0.654. The molecule has 1 aromatic carbocycles. The SMILES string of the molecule is Cc1nc(NC(=O)c2nc3ccc(F)cc3o2)nc(-c2ccccn2)n1. The highest BCUT2D eigenvalue weighted by Crippen LogP contribution is 2.18. The predicted octanol–water partition coefficient (Wildman–Crippen LogP) is 2.77. The van der Waals surface area contributed by atoms with E-state index in [0.29, 0.717) is 22.9 Å². The molecule has 3 aromatic heterocycles. The third-order valence-corrected chi connectivity index (χ3v) is 3.41. The summed E-state index contributed by atoms with van der Waals surface area (Å²) in [7, 11) is 0. The molecule has 0 atom stereocenters. The number of aryl methyl sites for hydroxylation is 1. The number of oxazole rings is 1. The van der Waals surface area contributed by atoms with Crippen LogP contribution in [0.25, 0.3) is 22.6 Å². The monoisotopic (exact) mass is 350 g/mol. The maximum absolute atomic E-state index is 13.2. The number of hydrogen-bond acceptors (Lipinski definition) is 7. The number of halogens is 1. The van der Waals surface area contributed by atoms with Crippen LogP contribution in [0.1, 0.15) is 16.5 Å². The molecule has 0 saturated carbocycles. The Bertz CT molecular complexity index is 1110. The third-order valence-electron chi connectivity index (χ3n) is 3.41. The van der Waals surface area contributed by atoms with E-state index in [9.17, 15) is 9.18 Å². The van der Waals surface area contributed by atoms with Crippen molar-refractivity contribution < 1.29 is 13.6 Å². The van der Waals surface area contributed by atoms with Crippen molar-refractivity contribution in [2.24, 2.45) is 0 Å². The summed E-state index contributed by atoms with van der Waals surface area (Å²) in [5.41, 5.74) is 1.10. The quantitative estimate of drug-likeness (QED) is 0.605. The molecule has 0 fully saturated rings. The summed E-state index contributed by atoms with van der Waals surface area (Å²) in [6.45, 7) is 1.67. The lowest BCUT2D eigenvalue weighted by molar-refractivity contribution is 0.0991. The van der Waals surface area contributed by atoms with Gasteiger partial charge in [-0.05, 0) is 31.2 Å². The zero-order valence-electron chi connectivity index (χ0n) is 13.5. The first kappa shape index (κ1) is 15.8. The van der Waals surface area contributed by atoms with E-state index in [-0.39, 0.29) is 17.4 Å². The van der Waals surface area contributed by atoms with Crippen molar-refractivity contribution in [2.75, 3.05) is 5.32 Å². The van der Waals surface area contributed by atoms with Crippen LogP contribution in [0, 0.1) is 12.7 Å². The molecule has 0 aliphatic heterocycles. The fourth-order valence-electron chi connectivity index (χ4n) is 2.30. The van der Waals surface area contributed by atoms with Crippen molar-refractivity contribution >= 4 is 23.0 Å². The van der Waals surface area contributed by atoms with E-state index < -0.39 is 11.7 Å². The number of fused-ring (bicyclic) bond motifs is 1. The van der Waals surface area contributed by atoms with Crippen LogP contribution in [0.15, 0.2) is 47.0 Å². The van der Waals surface area contributed by atoms with Crippen LogP contribution in [0.4, 0.5) is 10.3 Å². The summed E-state index contributed by atoms with van der Waals surface area (Å²) in [6, 6.07) is 9.15. The first-order chi connectivity index (χ1) is 12.6. The van der Waals surface area contributed by atoms with Gasteiger partial charge < -0.3 is 4.42 Å². The average molecular weight is 350 g/mol. The van der Waals surface area contributed by atoms with Crippen LogP contribution in [0.3, 0.4) is 0 Å². The molecule has 8 nitrogen and oxygen atoms in total. The average Bonchev–Trinajstić information content (AvgIpc) is 3.05. The number of aromatic nitrogens is 5. The van der Waals surface area contributed by atoms with Crippen molar-refractivity contribution in [2.45, 2.75) is 6.92 Å². The van der Waals surface area contributed by atoms with Gasteiger partial charge in [-0.1, -0.05) is 6.07 Å². The molecule has 0 unspecified atom stereocenters. The third kappa shape index (κ3) is 3.09. The molecular formula is C17H11FN6O2. The Kier molecular flexibility index (Phi) is 3.81. The van der Waals surface area contributed by atoms with Crippen LogP contribution in [0.2, 0.25) is 0 Å². The van der Waals surface area contributed by atoms with Gasteiger partial charge in [0.05, 0.1) is 0 Å². The Hall–Kier alpha value is -3.75. The molecule has 4 rings (SSSR count). The Labute approximate surface area is 146 Å². The predicted molar refractivity (Wildman–Crippen MR) is 89.7 cm³/mol. The van der Waals surface area contributed by atoms with Gasteiger partial charge in [0.15, 0.2) is 11.4 Å². The van der Waals surface area contributed by atoms with Gasteiger partial charge in [0.25, 0.3) is 5.89 Å². The number of pyridine rings is 1. The van der Waals surface area contributed by atoms with Crippen LogP contribution >= 0.6 is 0 Å². The van der Waals surface area contributed by atoms with E-state index >= 15 is 0 Å². The molecule has 4 aromatic rings. The number of benzene rings is 1. The number of hydrogen-bond donors (Lipinski definition) is 1. The number of nitrogens with one attached hydrogen (secondary N) is 1. The Balaban J connectivity index is 1.63. The number of anilines is 1. The van der Waals surface area contributed by atoms with Gasteiger partial charge in [-0.2, -0.15) is 9.97 Å². The number of rotatable bonds is 3. The molecule has 0 spiro atoms. The summed E-state index contributed by atoms with van der Waals surface area (Å²) in [6.07, 6.45) is 1.62. The molecule has 128 valence electrons. The van der Waals surface area contributed by atoms with E-state index in [1.165, 1.54) is 12.1 Å². The van der Waals surface area contributed by atoms with Gasteiger partial charge in [-0.15, -0.1) is 0 Å². The zero-order valence-corrected chi connectivity index (χ0v) is 13.5. The minimum Gasteiger partial charge on any atom is -0.432 e. The fraction of sp³-hybridized carbons (Fsp3) is 0.0588. The van der Waals surface area contributed by atoms with Gasteiger partial charge in [0, 0.05) is 12.3 Å². The van der Waals surface area contributed by atoms with Gasteiger partial charge in [-0.3, -0.25) is 15.1 Å². The van der Waals surface area contributed by atoms with Crippen LogP contribution in [-0.2, 0) is 0 Å². The maximum atomic E-state index is 13.2. The molecule has 3 heterocycles. The maximum Gasteiger partial charge on any atom is 0.313 e. The van der Waals surface area contributed by atoms with Crippen molar-refractivity contribution in [3.63, 3.8) is 0 Å². The molecule has 0 radical (unpaired) electrons. The lowest BCUT2D eigenvalue weighted by Crippen LogP contribution is -2.16. The summed E-state index contributed by atoms with van der Waals surface area (Å²) in [4.78, 5) is 33.0. The van der Waals surface area contributed by atoms with E-state index in [0.717, 1.165) is 6.07 Å². The van der Waals surface area contributed by atoms with Gasteiger partial charge in [0.1, 0.15) is 22.9 Å². The minimum absolute atomic E-state index is 0.0385. The lowest BCUT2D eigenvalue weighted by atomic mass is 10.3. The van der Waals surface area contributed by atoms with Gasteiger partial charge >= 0.3 is 5.91 Å². The highest BCUT2D eigenvalue weighted by molar-refractivity contribution is 6.01. The lowest BCUT2D eigenvalue weighted by Gasteiger charge is -2.04. The number of amides is 1. The fourth-order valence-corrected chi connectivity index (χ4v) is 2.30. The van der Waals surface area contributed by atoms with Gasteiger partial charge in [0.2, 0.25) is 5.95 Å². The molecule has 1 amide bonds. The summed E-state index contributed by atoms with van der Waals surface area (Å²) in [5, 5.41) is 2.51. The molecule has 26 heavy (non-hydrogen) atoms. The number of carbonyl (C=O) groups excluding carboxylic acids is 1. The second-order valence-electron chi connectivity index (χ2n) is 5.33. The summed E-state index contributed by atoms with van der Waals surface area (Å²) < 4.78 is 18.5. The van der Waals surface area contributed by atoms with Gasteiger partial charge in [-0.25, -0.2) is 14.4 Å². The van der Waals surface area contributed by atoms with Crippen molar-refractivity contribution in [1.82, 2.24) is 24.9 Å². The Morgan fingerprint density at radius 2 is 2.00 bits per heavy atom. The highest BCUT2D eigenvalue weighted by Gasteiger charge is 2.17. The van der Waals surface area contributed by atoms with Crippen LogP contribution < -0.4 is 5.32 Å². The Morgan fingerprint density at radius 1 is 1.12 bits per heavy atom. The second kappa shape index (κ2) is 6.28. The molecule has 1 N–H and O–H groups in total. The highest BCUT2D eigenvalue weighted by atomic mass is 19.1. The zero-order chi connectivity index (χ0) is 18.1. The molecule has 0 saturated heterocycles. The normalized spacial score (nSPS) is 10.8. The van der Waals surface area contributed by atoms with E-state index in [4.69, 9.17) is 4.42 Å². The van der Waals surface area contributed by atoms with Crippen molar-refractivity contribution in [3.8, 4) is 11.5 Å². The summed E-state index contributed by atoms with van der Waals surface area (Å²) in [5.74, 6) is -0.573. The smallest absolute Gasteiger partial charge is 0.313 e. The molecule has 0 bridgehead atoms. The molecule has 0 aliphatic rings. The van der Waals surface area contributed by atoms with Crippen LogP contribution in [-0.4, -0.2) is 30.8 Å². The number of carbonyl (C=O) groups is 1. The van der Waals surface area contributed by atoms with E-state index in [2.05, 4.69) is 30.2 Å². The second-order valence-corrected chi connectivity index (χ2v) is 5.33. The topological polar surface area (TPSA) is 107 Å². The first-order valence-electron chi connectivity index (χ1n) is 7.60. The van der Waals surface area contributed by atoms with E-state index in [1.54, 1.807) is 31.3 Å². The number of nitrogens with zero attached hydrogens (tertiary/aromatic N) is 5. The largest absolute Gasteiger partial charge is 0.432 e.